The summed E-state index contributed by atoms with van der Waals surface area (Å²) in [5, 5.41) is 13.1. The number of carbonyl (C=O) groups excluding carboxylic acids is 3. The monoisotopic (exact) mass is 359 g/mol. The summed E-state index contributed by atoms with van der Waals surface area (Å²) in [4.78, 5) is 43.6. The minimum atomic E-state index is -0.626. The van der Waals surface area contributed by atoms with Gasteiger partial charge in [0.1, 0.15) is 24.7 Å². The van der Waals surface area contributed by atoms with E-state index in [0.717, 1.165) is 11.3 Å². The zero-order chi connectivity index (χ0) is 17.0. The van der Waals surface area contributed by atoms with Crippen LogP contribution in [-0.4, -0.2) is 53.5 Å². The van der Waals surface area contributed by atoms with E-state index in [1.165, 1.54) is 12.5 Å². The molecule has 0 aromatic carbocycles. The Balaban J connectivity index is 2.12. The van der Waals surface area contributed by atoms with Gasteiger partial charge in [-0.05, 0) is 6.92 Å². The fourth-order valence-corrected chi connectivity index (χ4v) is 2.60. The maximum atomic E-state index is 12.3. The smallest absolute Gasteiger partial charge is 0.276 e. The highest BCUT2D eigenvalue weighted by Crippen LogP contribution is 2.17. The molecular formula is C12H14ClN5O4S. The number of aromatic nitrogens is 1. The number of halogens is 1. The van der Waals surface area contributed by atoms with E-state index in [2.05, 4.69) is 30.9 Å². The van der Waals surface area contributed by atoms with Crippen LogP contribution in [0.25, 0.3) is 0 Å². The van der Waals surface area contributed by atoms with Crippen LogP contribution in [-0.2, 0) is 19.2 Å². The van der Waals surface area contributed by atoms with E-state index in [9.17, 15) is 14.4 Å². The van der Waals surface area contributed by atoms with Gasteiger partial charge in [-0.2, -0.15) is 0 Å². The average molecular weight is 360 g/mol. The van der Waals surface area contributed by atoms with Crippen molar-refractivity contribution in [1.29, 1.82) is 0 Å². The molecule has 1 aromatic heterocycles. The number of carbonyl (C=O) groups is 3. The lowest BCUT2D eigenvalue weighted by atomic mass is 10.0. The van der Waals surface area contributed by atoms with Gasteiger partial charge >= 0.3 is 0 Å². The Morgan fingerprint density at radius 2 is 2.30 bits per heavy atom. The first-order chi connectivity index (χ1) is 11.0. The summed E-state index contributed by atoms with van der Waals surface area (Å²) in [5.41, 5.74) is 0.119. The Hall–Kier alpha value is -2.20. The van der Waals surface area contributed by atoms with Crippen LogP contribution < -0.4 is 16.0 Å². The number of hydrogen-bond acceptors (Lipinski definition) is 7. The van der Waals surface area contributed by atoms with Crippen LogP contribution in [0.1, 0.15) is 12.6 Å². The molecule has 0 saturated carbocycles. The van der Waals surface area contributed by atoms with Crippen LogP contribution in [0.3, 0.4) is 0 Å². The lowest BCUT2D eigenvalue weighted by Gasteiger charge is -2.34. The highest BCUT2D eigenvalue weighted by molar-refractivity contribution is 7.14. The van der Waals surface area contributed by atoms with Crippen molar-refractivity contribution in [2.45, 2.75) is 19.0 Å². The third kappa shape index (κ3) is 3.96. The highest BCUT2D eigenvalue weighted by atomic mass is 35.5. The van der Waals surface area contributed by atoms with Crippen molar-refractivity contribution in [2.75, 3.05) is 18.3 Å². The fraction of sp³-hybridized carbons (Fsp3) is 0.417. The van der Waals surface area contributed by atoms with E-state index >= 15 is 0 Å². The number of amides is 3. The van der Waals surface area contributed by atoms with Gasteiger partial charge in [-0.1, -0.05) is 5.16 Å². The van der Waals surface area contributed by atoms with Crippen molar-refractivity contribution >= 4 is 51.5 Å². The van der Waals surface area contributed by atoms with Crippen molar-refractivity contribution < 1.29 is 19.2 Å². The number of β-lactam (4-membered cyclic amide) rings is 1. The molecular weight excluding hydrogens is 346 g/mol. The lowest BCUT2D eigenvalue weighted by molar-refractivity contribution is -0.134. The van der Waals surface area contributed by atoms with E-state index in [1.807, 2.05) is 0 Å². The highest BCUT2D eigenvalue weighted by Gasteiger charge is 2.38. The first kappa shape index (κ1) is 17.2. The molecule has 2 rings (SSSR count). The summed E-state index contributed by atoms with van der Waals surface area (Å²) in [7, 11) is 1.29. The number of thiazole rings is 1. The summed E-state index contributed by atoms with van der Waals surface area (Å²) in [6.07, 6.45) is 0. The van der Waals surface area contributed by atoms with E-state index in [0.29, 0.717) is 0 Å². The number of nitrogens with one attached hydrogen (secondary N) is 3. The Morgan fingerprint density at radius 1 is 1.57 bits per heavy atom. The van der Waals surface area contributed by atoms with Crippen molar-refractivity contribution in [1.82, 2.24) is 15.6 Å². The molecule has 9 nitrogen and oxygen atoms in total. The predicted molar refractivity (Wildman–Crippen MR) is 84.5 cm³/mol. The molecule has 0 spiro atoms. The van der Waals surface area contributed by atoms with E-state index in [-0.39, 0.29) is 34.4 Å². The molecule has 1 aliphatic rings. The molecule has 23 heavy (non-hydrogen) atoms. The average Bonchev–Trinajstić information content (AvgIpc) is 2.98. The van der Waals surface area contributed by atoms with Gasteiger partial charge in [0.2, 0.25) is 11.8 Å². The van der Waals surface area contributed by atoms with Crippen LogP contribution in [0.15, 0.2) is 10.5 Å². The maximum absolute atomic E-state index is 12.3. The normalized spacial score (nSPS) is 20.3. The minimum Gasteiger partial charge on any atom is -0.398 e. The molecule has 11 heteroatoms. The van der Waals surface area contributed by atoms with Gasteiger partial charge in [0.05, 0.1) is 6.04 Å². The SMILES string of the molecule is CO/N=C(\C(=O)N[C@H]1C(=O)N[C@H]1C)c1csc(NC(=O)CCl)n1. The summed E-state index contributed by atoms with van der Waals surface area (Å²) in [6, 6.07) is -0.789. The zero-order valence-electron chi connectivity index (χ0n) is 12.3. The van der Waals surface area contributed by atoms with Crippen molar-refractivity contribution in [3.05, 3.63) is 11.1 Å². The number of rotatable bonds is 6. The second-order valence-electron chi connectivity index (χ2n) is 4.59. The molecule has 3 N–H and O–H groups in total. The van der Waals surface area contributed by atoms with Gasteiger partial charge in [0.25, 0.3) is 5.91 Å². The molecule has 3 amide bonds. The molecule has 0 radical (unpaired) electrons. The Morgan fingerprint density at radius 3 is 2.87 bits per heavy atom. The van der Waals surface area contributed by atoms with Crippen molar-refractivity contribution in [3.63, 3.8) is 0 Å². The largest absolute Gasteiger partial charge is 0.398 e. The van der Waals surface area contributed by atoms with Crippen LogP contribution in [0, 0.1) is 0 Å². The molecule has 2 heterocycles. The molecule has 0 aliphatic carbocycles. The summed E-state index contributed by atoms with van der Waals surface area (Å²) in [5.74, 6) is -1.49. The van der Waals surface area contributed by atoms with Crippen LogP contribution >= 0.6 is 22.9 Å². The van der Waals surface area contributed by atoms with E-state index in [1.54, 1.807) is 6.92 Å². The number of nitrogens with zero attached hydrogens (tertiary/aromatic N) is 2. The van der Waals surface area contributed by atoms with Crippen molar-refractivity contribution in [3.8, 4) is 0 Å². The summed E-state index contributed by atoms with van der Waals surface area (Å²) in [6.45, 7) is 1.77. The van der Waals surface area contributed by atoms with Gasteiger partial charge in [-0.15, -0.1) is 22.9 Å². The van der Waals surface area contributed by atoms with Crippen molar-refractivity contribution in [2.24, 2.45) is 5.16 Å². The quantitative estimate of drug-likeness (QED) is 0.278. The Kier molecular flexibility index (Phi) is 5.50. The molecule has 1 aromatic rings. The molecule has 0 bridgehead atoms. The fourth-order valence-electron chi connectivity index (χ4n) is 1.82. The number of alkyl halides is 1. The van der Waals surface area contributed by atoms with Crippen LogP contribution in [0.2, 0.25) is 0 Å². The molecule has 1 saturated heterocycles. The maximum Gasteiger partial charge on any atom is 0.276 e. The van der Waals surface area contributed by atoms with Crippen LogP contribution in [0.4, 0.5) is 5.13 Å². The molecule has 1 fully saturated rings. The molecule has 124 valence electrons. The summed E-state index contributed by atoms with van der Waals surface area (Å²) >= 11 is 6.50. The van der Waals surface area contributed by atoms with Crippen LogP contribution in [0.5, 0.6) is 0 Å². The predicted octanol–water partition coefficient (Wildman–Crippen LogP) is -0.326. The van der Waals surface area contributed by atoms with Gasteiger partial charge in [-0.25, -0.2) is 4.98 Å². The zero-order valence-corrected chi connectivity index (χ0v) is 13.8. The number of oxime groups is 1. The molecule has 1 aliphatic heterocycles. The number of hydrogen-bond donors (Lipinski definition) is 3. The molecule has 2 atom stereocenters. The topological polar surface area (TPSA) is 122 Å². The van der Waals surface area contributed by atoms with Gasteiger partial charge in [0, 0.05) is 5.38 Å². The first-order valence-electron chi connectivity index (χ1n) is 6.50. The minimum absolute atomic E-state index is 0.0953. The third-order valence-electron chi connectivity index (χ3n) is 2.95. The number of anilines is 1. The first-order valence-corrected chi connectivity index (χ1v) is 7.91. The third-order valence-corrected chi connectivity index (χ3v) is 3.95. The lowest BCUT2D eigenvalue weighted by Crippen LogP contribution is -2.68. The van der Waals surface area contributed by atoms with Gasteiger partial charge in [-0.3, -0.25) is 14.4 Å². The second kappa shape index (κ2) is 7.38. The Labute approximate surface area is 140 Å². The summed E-state index contributed by atoms with van der Waals surface area (Å²) < 4.78 is 0. The molecule has 0 unspecified atom stereocenters. The second-order valence-corrected chi connectivity index (χ2v) is 5.72. The van der Waals surface area contributed by atoms with Gasteiger partial charge < -0.3 is 20.8 Å². The van der Waals surface area contributed by atoms with E-state index < -0.39 is 17.9 Å². The Bertz CT molecular complexity index is 662. The van der Waals surface area contributed by atoms with E-state index in [4.69, 9.17) is 11.6 Å². The van der Waals surface area contributed by atoms with Gasteiger partial charge in [0.15, 0.2) is 10.8 Å². The standard InChI is InChI=1S/C12H14ClN5O4S/c1-5-8(10(20)14-5)17-11(21)9(18-22-2)6-4-23-12(15-6)16-7(19)3-13/h4-5,8H,3H2,1-2H3,(H,14,20)(H,17,21)(H,15,16,19)/b18-9-/t5-,8+/m0/s1.